The van der Waals surface area contributed by atoms with Crippen LogP contribution in [0, 0.1) is 11.3 Å². The summed E-state index contributed by atoms with van der Waals surface area (Å²) in [7, 11) is 0. The summed E-state index contributed by atoms with van der Waals surface area (Å²) in [5.41, 5.74) is 4.98. The minimum absolute atomic E-state index is 0.188. The Morgan fingerprint density at radius 2 is 1.74 bits per heavy atom. The first-order valence-electron chi connectivity index (χ1n) is 8.34. The Morgan fingerprint density at radius 3 is 2.44 bits per heavy atom. The molecule has 27 heavy (non-hydrogen) atoms. The van der Waals surface area contributed by atoms with Gasteiger partial charge in [0.05, 0.1) is 28.6 Å². The SMILES string of the molecule is N#Cc1ccc(NC(=C2C(=O)Nc3cc(Cl)ccc32)c2ccccc2)cc1. The van der Waals surface area contributed by atoms with Gasteiger partial charge in [-0.3, -0.25) is 4.79 Å². The van der Waals surface area contributed by atoms with Crippen LogP contribution in [0.1, 0.15) is 16.7 Å². The van der Waals surface area contributed by atoms with Crippen molar-refractivity contribution in [1.29, 1.82) is 5.26 Å². The van der Waals surface area contributed by atoms with E-state index in [1.54, 1.807) is 24.3 Å². The number of anilines is 2. The molecule has 0 saturated heterocycles. The smallest absolute Gasteiger partial charge is 0.258 e. The number of hydrogen-bond donors (Lipinski definition) is 2. The lowest BCUT2D eigenvalue weighted by molar-refractivity contribution is -0.110. The van der Waals surface area contributed by atoms with Gasteiger partial charge in [-0.25, -0.2) is 0 Å². The summed E-state index contributed by atoms with van der Waals surface area (Å²) >= 11 is 6.06. The highest BCUT2D eigenvalue weighted by atomic mass is 35.5. The standard InChI is InChI=1S/C22H14ClN3O/c23-16-8-11-18-19(12-16)26-22(27)20(18)21(15-4-2-1-3-5-15)25-17-9-6-14(13-24)7-10-17/h1-12,25H,(H,26,27). The third-order valence-electron chi connectivity index (χ3n) is 4.32. The van der Waals surface area contributed by atoms with E-state index in [1.165, 1.54) is 0 Å². The molecule has 3 aromatic carbocycles. The molecule has 1 amide bonds. The van der Waals surface area contributed by atoms with Crippen molar-refractivity contribution in [2.24, 2.45) is 0 Å². The third kappa shape index (κ3) is 3.29. The molecule has 0 fully saturated rings. The van der Waals surface area contributed by atoms with Gasteiger partial charge in [-0.05, 0) is 42.0 Å². The highest BCUT2D eigenvalue weighted by Gasteiger charge is 2.28. The summed E-state index contributed by atoms with van der Waals surface area (Å²) < 4.78 is 0. The average Bonchev–Trinajstić information content (AvgIpc) is 3.02. The zero-order chi connectivity index (χ0) is 18.8. The predicted molar refractivity (Wildman–Crippen MR) is 108 cm³/mol. The van der Waals surface area contributed by atoms with Crippen molar-refractivity contribution in [3.05, 3.63) is 94.5 Å². The van der Waals surface area contributed by atoms with Crippen molar-refractivity contribution >= 4 is 40.2 Å². The van der Waals surface area contributed by atoms with Gasteiger partial charge in [0, 0.05) is 16.3 Å². The maximum absolute atomic E-state index is 12.8. The zero-order valence-corrected chi connectivity index (χ0v) is 14.9. The third-order valence-corrected chi connectivity index (χ3v) is 4.56. The molecule has 0 aliphatic carbocycles. The molecule has 4 rings (SSSR count). The number of rotatable bonds is 3. The number of hydrogen-bond acceptors (Lipinski definition) is 3. The van der Waals surface area contributed by atoms with E-state index < -0.39 is 0 Å². The normalized spacial score (nSPS) is 14.1. The average molecular weight is 372 g/mol. The van der Waals surface area contributed by atoms with Crippen LogP contribution in [0.2, 0.25) is 5.02 Å². The molecule has 0 spiro atoms. The molecule has 0 saturated carbocycles. The first kappa shape index (κ1) is 16.9. The molecule has 0 bridgehead atoms. The van der Waals surface area contributed by atoms with Crippen LogP contribution in [0.4, 0.5) is 11.4 Å². The van der Waals surface area contributed by atoms with Gasteiger partial charge in [-0.2, -0.15) is 5.26 Å². The van der Waals surface area contributed by atoms with Crippen LogP contribution in [0.25, 0.3) is 11.3 Å². The number of fused-ring (bicyclic) bond motifs is 1. The van der Waals surface area contributed by atoms with Crippen molar-refractivity contribution in [2.75, 3.05) is 10.6 Å². The molecule has 0 atom stereocenters. The van der Waals surface area contributed by atoms with Gasteiger partial charge in [0.1, 0.15) is 0 Å². The second kappa shape index (κ2) is 6.99. The van der Waals surface area contributed by atoms with Crippen molar-refractivity contribution in [1.82, 2.24) is 0 Å². The lowest BCUT2D eigenvalue weighted by Crippen LogP contribution is -2.10. The van der Waals surface area contributed by atoms with E-state index in [0.29, 0.717) is 27.5 Å². The van der Waals surface area contributed by atoms with Crippen molar-refractivity contribution < 1.29 is 4.79 Å². The lowest BCUT2D eigenvalue weighted by atomic mass is 10.00. The number of nitrogens with zero attached hydrogens (tertiary/aromatic N) is 1. The van der Waals surface area contributed by atoms with Gasteiger partial charge in [0.15, 0.2) is 0 Å². The van der Waals surface area contributed by atoms with Crippen LogP contribution in [0.5, 0.6) is 0 Å². The number of benzene rings is 3. The summed E-state index contributed by atoms with van der Waals surface area (Å²) in [5, 5.41) is 15.8. The molecule has 3 aromatic rings. The maximum Gasteiger partial charge on any atom is 0.258 e. The topological polar surface area (TPSA) is 64.9 Å². The molecular formula is C22H14ClN3O. The molecule has 2 N–H and O–H groups in total. The number of carbonyl (C=O) groups is 1. The fraction of sp³-hybridized carbons (Fsp3) is 0. The Balaban J connectivity index is 1.87. The van der Waals surface area contributed by atoms with E-state index >= 15 is 0 Å². The first-order chi connectivity index (χ1) is 13.2. The summed E-state index contributed by atoms with van der Waals surface area (Å²) in [5.74, 6) is -0.188. The molecular weight excluding hydrogens is 358 g/mol. The molecule has 5 heteroatoms. The zero-order valence-electron chi connectivity index (χ0n) is 14.2. The largest absolute Gasteiger partial charge is 0.354 e. The minimum Gasteiger partial charge on any atom is -0.354 e. The van der Waals surface area contributed by atoms with Crippen molar-refractivity contribution in [2.45, 2.75) is 0 Å². The minimum atomic E-state index is -0.188. The van der Waals surface area contributed by atoms with Gasteiger partial charge >= 0.3 is 0 Å². The van der Waals surface area contributed by atoms with Gasteiger partial charge < -0.3 is 10.6 Å². The van der Waals surface area contributed by atoms with E-state index in [-0.39, 0.29) is 5.91 Å². The van der Waals surface area contributed by atoms with Crippen LogP contribution in [0.15, 0.2) is 72.8 Å². The second-order valence-electron chi connectivity index (χ2n) is 6.07. The van der Waals surface area contributed by atoms with E-state index in [9.17, 15) is 4.79 Å². The second-order valence-corrected chi connectivity index (χ2v) is 6.51. The van der Waals surface area contributed by atoms with E-state index in [2.05, 4.69) is 16.7 Å². The fourth-order valence-electron chi connectivity index (χ4n) is 3.05. The van der Waals surface area contributed by atoms with Crippen LogP contribution in [-0.4, -0.2) is 5.91 Å². The number of carbonyl (C=O) groups excluding carboxylic acids is 1. The summed E-state index contributed by atoms with van der Waals surface area (Å²) in [6, 6.07) is 24.2. The molecule has 0 unspecified atom stereocenters. The van der Waals surface area contributed by atoms with Gasteiger partial charge in [0.2, 0.25) is 0 Å². The Morgan fingerprint density at radius 1 is 1.00 bits per heavy atom. The number of halogens is 1. The highest BCUT2D eigenvalue weighted by molar-refractivity contribution is 6.38. The van der Waals surface area contributed by atoms with Gasteiger partial charge in [0.25, 0.3) is 5.91 Å². The first-order valence-corrected chi connectivity index (χ1v) is 8.71. The van der Waals surface area contributed by atoms with Gasteiger partial charge in [-0.15, -0.1) is 0 Å². The van der Waals surface area contributed by atoms with Crippen LogP contribution in [-0.2, 0) is 4.79 Å². The quantitative estimate of drug-likeness (QED) is 0.626. The molecule has 1 aliphatic rings. The van der Waals surface area contributed by atoms with Crippen LogP contribution >= 0.6 is 11.6 Å². The maximum atomic E-state index is 12.8. The van der Waals surface area contributed by atoms with Crippen LogP contribution < -0.4 is 10.6 Å². The Labute approximate surface area is 161 Å². The van der Waals surface area contributed by atoms with Gasteiger partial charge in [-0.1, -0.05) is 48.0 Å². The Hall–Kier alpha value is -3.55. The molecule has 0 aromatic heterocycles. The molecule has 1 heterocycles. The number of nitrogens with one attached hydrogen (secondary N) is 2. The fourth-order valence-corrected chi connectivity index (χ4v) is 3.22. The molecule has 1 aliphatic heterocycles. The van der Waals surface area contributed by atoms with E-state index in [4.69, 9.17) is 16.9 Å². The summed E-state index contributed by atoms with van der Waals surface area (Å²) in [6.07, 6.45) is 0. The van der Waals surface area contributed by atoms with Crippen molar-refractivity contribution in [3.63, 3.8) is 0 Å². The number of nitriles is 1. The predicted octanol–water partition coefficient (Wildman–Crippen LogP) is 5.14. The summed E-state index contributed by atoms with van der Waals surface area (Å²) in [4.78, 5) is 12.8. The summed E-state index contributed by atoms with van der Waals surface area (Å²) in [6.45, 7) is 0. The van der Waals surface area contributed by atoms with E-state index in [0.717, 1.165) is 16.8 Å². The monoisotopic (exact) mass is 371 g/mol. The molecule has 4 nitrogen and oxygen atoms in total. The molecule has 130 valence electrons. The Bertz CT molecular complexity index is 1100. The Kier molecular flexibility index (Phi) is 4.37. The molecule has 0 radical (unpaired) electrons. The van der Waals surface area contributed by atoms with E-state index in [1.807, 2.05) is 48.5 Å². The highest BCUT2D eigenvalue weighted by Crippen LogP contribution is 2.38. The van der Waals surface area contributed by atoms with Crippen molar-refractivity contribution in [3.8, 4) is 6.07 Å². The lowest BCUT2D eigenvalue weighted by Gasteiger charge is -2.15. The van der Waals surface area contributed by atoms with Crippen LogP contribution in [0.3, 0.4) is 0 Å². The number of amides is 1.